The Kier molecular flexibility index (Phi) is 6.91. The lowest BCUT2D eigenvalue weighted by atomic mass is 9.92. The first-order valence-electron chi connectivity index (χ1n) is 9.55. The van der Waals surface area contributed by atoms with E-state index in [4.69, 9.17) is 0 Å². The van der Waals surface area contributed by atoms with Gasteiger partial charge < -0.3 is 5.32 Å². The molecule has 0 aromatic heterocycles. The second-order valence-electron chi connectivity index (χ2n) is 6.94. The van der Waals surface area contributed by atoms with E-state index in [1.165, 1.54) is 4.31 Å². The third-order valence-electron chi connectivity index (χ3n) is 5.01. The highest BCUT2D eigenvalue weighted by atomic mass is 79.9. The van der Waals surface area contributed by atoms with Gasteiger partial charge >= 0.3 is 0 Å². The van der Waals surface area contributed by atoms with E-state index in [0.29, 0.717) is 19.5 Å². The number of halogens is 1. The highest BCUT2D eigenvalue weighted by molar-refractivity contribution is 9.10. The van der Waals surface area contributed by atoms with Crippen molar-refractivity contribution < 1.29 is 13.2 Å². The van der Waals surface area contributed by atoms with Crippen LogP contribution in [0.15, 0.2) is 57.9 Å². The fraction of sp³-hybridized carbons (Fsp3) is 0.381. The summed E-state index contributed by atoms with van der Waals surface area (Å²) >= 11 is 3.34. The minimum atomic E-state index is -3.71. The SMILES string of the molecule is CCCCNC(=O)CC1c2ccccc2CCN1S(=O)(=O)c1ccc(Br)cc1. The van der Waals surface area contributed by atoms with Crippen LogP contribution in [0.2, 0.25) is 0 Å². The van der Waals surface area contributed by atoms with Crippen molar-refractivity contribution >= 4 is 31.9 Å². The predicted octanol–water partition coefficient (Wildman–Crippen LogP) is 4.04. The lowest BCUT2D eigenvalue weighted by molar-refractivity contribution is -0.122. The van der Waals surface area contributed by atoms with Gasteiger partial charge in [0.05, 0.1) is 10.9 Å². The van der Waals surface area contributed by atoms with Crippen LogP contribution in [0.4, 0.5) is 0 Å². The summed E-state index contributed by atoms with van der Waals surface area (Å²) in [7, 11) is -3.71. The molecule has 1 N–H and O–H groups in total. The first-order chi connectivity index (χ1) is 13.4. The topological polar surface area (TPSA) is 66.5 Å². The molecule has 1 amide bonds. The van der Waals surface area contributed by atoms with Crippen molar-refractivity contribution in [2.24, 2.45) is 0 Å². The molecule has 7 heteroatoms. The molecule has 0 aliphatic carbocycles. The molecule has 28 heavy (non-hydrogen) atoms. The van der Waals surface area contributed by atoms with Crippen LogP contribution in [-0.2, 0) is 21.2 Å². The Bertz CT molecular complexity index is 929. The summed E-state index contributed by atoms with van der Waals surface area (Å²) in [5.41, 5.74) is 2.02. The molecule has 0 bridgehead atoms. The number of fused-ring (bicyclic) bond motifs is 1. The Balaban J connectivity index is 1.92. The molecule has 1 aliphatic heterocycles. The Morgan fingerprint density at radius 1 is 1.18 bits per heavy atom. The number of nitrogens with zero attached hydrogens (tertiary/aromatic N) is 1. The van der Waals surface area contributed by atoms with E-state index in [-0.39, 0.29) is 17.2 Å². The fourth-order valence-corrected chi connectivity index (χ4v) is 5.39. The molecule has 1 heterocycles. The molecule has 0 spiro atoms. The average molecular weight is 465 g/mol. The van der Waals surface area contributed by atoms with Gasteiger partial charge in [0.2, 0.25) is 15.9 Å². The van der Waals surface area contributed by atoms with Crippen molar-refractivity contribution in [2.75, 3.05) is 13.1 Å². The molecule has 1 atom stereocenters. The molecule has 1 unspecified atom stereocenters. The van der Waals surface area contributed by atoms with E-state index in [9.17, 15) is 13.2 Å². The van der Waals surface area contributed by atoms with Gasteiger partial charge in [0.15, 0.2) is 0 Å². The van der Waals surface area contributed by atoms with Crippen LogP contribution in [0.3, 0.4) is 0 Å². The second kappa shape index (κ2) is 9.20. The zero-order valence-corrected chi connectivity index (χ0v) is 18.3. The molecule has 0 saturated heterocycles. The Morgan fingerprint density at radius 3 is 2.61 bits per heavy atom. The van der Waals surface area contributed by atoms with E-state index in [1.54, 1.807) is 24.3 Å². The van der Waals surface area contributed by atoms with E-state index >= 15 is 0 Å². The number of carbonyl (C=O) groups is 1. The summed E-state index contributed by atoms with van der Waals surface area (Å²) in [5, 5.41) is 2.91. The van der Waals surface area contributed by atoms with E-state index in [1.807, 2.05) is 24.3 Å². The molecule has 3 rings (SSSR count). The quantitative estimate of drug-likeness (QED) is 0.628. The first kappa shape index (κ1) is 21.0. The van der Waals surface area contributed by atoms with Gasteiger partial charge in [0.25, 0.3) is 0 Å². The Hall–Kier alpha value is -1.70. The smallest absolute Gasteiger partial charge is 0.243 e. The lowest BCUT2D eigenvalue weighted by Gasteiger charge is -2.36. The maximum Gasteiger partial charge on any atom is 0.243 e. The van der Waals surface area contributed by atoms with Gasteiger partial charge in [-0.05, 0) is 48.2 Å². The van der Waals surface area contributed by atoms with Gasteiger partial charge in [-0.1, -0.05) is 53.5 Å². The Morgan fingerprint density at radius 2 is 1.89 bits per heavy atom. The molecular formula is C21H25BrN2O3S. The summed E-state index contributed by atoms with van der Waals surface area (Å²) in [6.45, 7) is 3.04. The average Bonchev–Trinajstić information content (AvgIpc) is 2.68. The zero-order chi connectivity index (χ0) is 20.1. The standard InChI is InChI=1S/C21H25BrN2O3S/c1-2-3-13-23-21(25)15-20-19-7-5-4-6-16(19)12-14-24(20)28(26,27)18-10-8-17(22)9-11-18/h4-11,20H,2-3,12-15H2,1H3,(H,23,25). The number of hydrogen-bond acceptors (Lipinski definition) is 3. The van der Waals surface area contributed by atoms with Crippen LogP contribution in [-0.4, -0.2) is 31.7 Å². The summed E-state index contributed by atoms with van der Waals surface area (Å²) in [4.78, 5) is 12.8. The van der Waals surface area contributed by atoms with Gasteiger partial charge in [-0.2, -0.15) is 4.31 Å². The first-order valence-corrected chi connectivity index (χ1v) is 11.8. The summed E-state index contributed by atoms with van der Waals surface area (Å²) in [6, 6.07) is 13.9. The third kappa shape index (κ3) is 4.64. The van der Waals surface area contributed by atoms with Crippen LogP contribution in [0.5, 0.6) is 0 Å². The monoisotopic (exact) mass is 464 g/mol. The minimum absolute atomic E-state index is 0.119. The lowest BCUT2D eigenvalue weighted by Crippen LogP contribution is -2.42. The van der Waals surface area contributed by atoms with Gasteiger partial charge in [0, 0.05) is 24.0 Å². The van der Waals surface area contributed by atoms with Crippen LogP contribution in [0.25, 0.3) is 0 Å². The fourth-order valence-electron chi connectivity index (χ4n) is 3.52. The van der Waals surface area contributed by atoms with E-state index in [2.05, 4.69) is 28.2 Å². The van der Waals surface area contributed by atoms with Crippen LogP contribution >= 0.6 is 15.9 Å². The van der Waals surface area contributed by atoms with Gasteiger partial charge in [-0.3, -0.25) is 4.79 Å². The van der Waals surface area contributed by atoms with Crippen molar-refractivity contribution in [1.82, 2.24) is 9.62 Å². The van der Waals surface area contributed by atoms with Crippen molar-refractivity contribution in [3.05, 3.63) is 64.1 Å². The maximum atomic E-state index is 13.3. The maximum absolute atomic E-state index is 13.3. The van der Waals surface area contributed by atoms with E-state index < -0.39 is 16.1 Å². The molecule has 5 nitrogen and oxygen atoms in total. The number of sulfonamides is 1. The van der Waals surface area contributed by atoms with Crippen molar-refractivity contribution in [3.8, 4) is 0 Å². The zero-order valence-electron chi connectivity index (χ0n) is 15.9. The predicted molar refractivity (Wildman–Crippen MR) is 113 cm³/mol. The van der Waals surface area contributed by atoms with Crippen LogP contribution in [0.1, 0.15) is 43.4 Å². The molecule has 0 saturated carbocycles. The second-order valence-corrected chi connectivity index (χ2v) is 9.75. The molecule has 2 aromatic rings. The van der Waals surface area contributed by atoms with Crippen molar-refractivity contribution in [3.63, 3.8) is 0 Å². The molecule has 0 radical (unpaired) electrons. The molecule has 1 aliphatic rings. The van der Waals surface area contributed by atoms with E-state index in [0.717, 1.165) is 28.4 Å². The minimum Gasteiger partial charge on any atom is -0.356 e. The molecule has 150 valence electrons. The summed E-state index contributed by atoms with van der Waals surface area (Å²) < 4.78 is 29.0. The third-order valence-corrected chi connectivity index (χ3v) is 7.47. The normalized spacial score (nSPS) is 17.1. The summed E-state index contributed by atoms with van der Waals surface area (Å²) in [5.74, 6) is -0.119. The number of amides is 1. The largest absolute Gasteiger partial charge is 0.356 e. The van der Waals surface area contributed by atoms with Gasteiger partial charge in [-0.15, -0.1) is 0 Å². The number of rotatable bonds is 7. The number of carbonyl (C=O) groups excluding carboxylic acids is 1. The highest BCUT2D eigenvalue weighted by Crippen LogP contribution is 2.36. The van der Waals surface area contributed by atoms with Crippen LogP contribution in [0, 0.1) is 0 Å². The Labute approximate surface area is 175 Å². The van der Waals surface area contributed by atoms with Crippen molar-refractivity contribution in [2.45, 2.75) is 43.5 Å². The van der Waals surface area contributed by atoms with Gasteiger partial charge in [-0.25, -0.2) is 8.42 Å². The summed E-state index contributed by atoms with van der Waals surface area (Å²) in [6.07, 6.45) is 2.67. The number of nitrogens with one attached hydrogen (secondary N) is 1. The molecule has 2 aromatic carbocycles. The molecular weight excluding hydrogens is 440 g/mol. The number of unbranched alkanes of at least 4 members (excludes halogenated alkanes) is 1. The number of benzene rings is 2. The molecule has 0 fully saturated rings. The highest BCUT2D eigenvalue weighted by Gasteiger charge is 2.37. The van der Waals surface area contributed by atoms with Crippen molar-refractivity contribution in [1.29, 1.82) is 0 Å². The van der Waals surface area contributed by atoms with Gasteiger partial charge in [0.1, 0.15) is 0 Å². The number of hydrogen-bond donors (Lipinski definition) is 1. The van der Waals surface area contributed by atoms with Crippen LogP contribution < -0.4 is 5.32 Å².